The highest BCUT2D eigenvalue weighted by Gasteiger charge is 2.25. The first-order chi connectivity index (χ1) is 21.6. The van der Waals surface area contributed by atoms with Gasteiger partial charge < -0.3 is 15.0 Å². The van der Waals surface area contributed by atoms with Crippen LogP contribution in [0.5, 0.6) is 11.5 Å². The number of rotatable bonds is 8. The molecular formula is C27H21N3O13S4. The predicted molar refractivity (Wildman–Crippen MR) is 167 cm³/mol. The van der Waals surface area contributed by atoms with E-state index in [1.165, 1.54) is 42.5 Å². The molecule has 5 rings (SSSR count). The number of anilines is 1. The number of hydrogen-bond donors (Lipinski definition) is 5. The van der Waals surface area contributed by atoms with Crippen molar-refractivity contribution in [1.82, 2.24) is 0 Å². The lowest BCUT2D eigenvalue weighted by Crippen LogP contribution is -2.10. The van der Waals surface area contributed by atoms with Crippen molar-refractivity contribution in [3.8, 4) is 11.5 Å². The largest absolute Gasteiger partial charge is 0.507 e. The number of phenols is 1. The van der Waals surface area contributed by atoms with E-state index in [0.717, 1.165) is 23.8 Å². The second-order valence-electron chi connectivity index (χ2n) is 9.98. The van der Waals surface area contributed by atoms with E-state index < -0.39 is 88.8 Å². The monoisotopic (exact) mass is 723 g/mol. The van der Waals surface area contributed by atoms with Gasteiger partial charge in [0, 0.05) is 22.9 Å². The van der Waals surface area contributed by atoms with Crippen molar-refractivity contribution >= 4 is 79.1 Å². The molecular weight excluding hydrogens is 703 g/mol. The zero-order valence-corrected chi connectivity index (χ0v) is 26.8. The maximum absolute atomic E-state index is 13.0. The van der Waals surface area contributed by atoms with Gasteiger partial charge in [-0.05, 0) is 54.8 Å². The Hall–Kier alpha value is -4.70. The third-order valence-electron chi connectivity index (χ3n) is 6.70. The first-order valence-corrected chi connectivity index (χ1v) is 18.4. The maximum Gasteiger partial charge on any atom is 0.339 e. The molecule has 0 fully saturated rings. The molecule has 5 aromatic carbocycles. The van der Waals surface area contributed by atoms with Gasteiger partial charge in [-0.3, -0.25) is 13.7 Å². The summed E-state index contributed by atoms with van der Waals surface area (Å²) in [5, 5.41) is 17.4. The van der Waals surface area contributed by atoms with E-state index in [-0.39, 0.29) is 21.4 Å². The molecule has 0 aromatic heterocycles. The molecule has 0 atom stereocenters. The van der Waals surface area contributed by atoms with Crippen molar-refractivity contribution in [1.29, 1.82) is 0 Å². The molecule has 0 saturated carbocycles. The third kappa shape index (κ3) is 6.88. The number of aryl methyl sites for hydroxylation is 1. The maximum atomic E-state index is 13.0. The van der Waals surface area contributed by atoms with Crippen LogP contribution in [0.1, 0.15) is 5.56 Å². The Morgan fingerprint density at radius 2 is 1.28 bits per heavy atom. The van der Waals surface area contributed by atoms with Crippen LogP contribution in [0, 0.1) is 6.92 Å². The fourth-order valence-corrected chi connectivity index (χ4v) is 7.18. The van der Waals surface area contributed by atoms with E-state index in [1.54, 1.807) is 6.92 Å². The van der Waals surface area contributed by atoms with Gasteiger partial charge in [-0.2, -0.15) is 38.8 Å². The second-order valence-corrected chi connectivity index (χ2v) is 15.8. The van der Waals surface area contributed by atoms with Crippen LogP contribution in [-0.2, 0) is 40.5 Å². The molecule has 6 N–H and O–H groups in total. The van der Waals surface area contributed by atoms with Crippen LogP contribution < -0.4 is 9.92 Å². The van der Waals surface area contributed by atoms with Crippen molar-refractivity contribution < 1.29 is 56.6 Å². The molecule has 0 aliphatic rings. The first kappa shape index (κ1) is 33.7. The highest BCUT2D eigenvalue weighted by Crippen LogP contribution is 2.43. The summed E-state index contributed by atoms with van der Waals surface area (Å²) in [6, 6.07) is 13.2. The zero-order valence-electron chi connectivity index (χ0n) is 23.5. The molecule has 20 heteroatoms. The number of benzene rings is 5. The molecule has 0 aliphatic carbocycles. The minimum absolute atomic E-state index is 0.00923. The van der Waals surface area contributed by atoms with Crippen LogP contribution >= 0.6 is 0 Å². The molecule has 0 amide bonds. The van der Waals surface area contributed by atoms with E-state index in [9.17, 15) is 52.4 Å². The normalized spacial score (nSPS) is 13.0. The lowest BCUT2D eigenvalue weighted by atomic mass is 10.1. The summed E-state index contributed by atoms with van der Waals surface area (Å²) in [5.41, 5.74) is 5.96. The number of fused-ring (bicyclic) bond motifs is 2. The molecule has 0 bridgehead atoms. The fourth-order valence-electron chi connectivity index (χ4n) is 4.48. The van der Waals surface area contributed by atoms with Crippen LogP contribution in [0.3, 0.4) is 0 Å². The molecule has 16 nitrogen and oxygen atoms in total. The topological polar surface area (TPSA) is 277 Å². The lowest BCUT2D eigenvalue weighted by Gasteiger charge is -2.13. The van der Waals surface area contributed by atoms with Crippen LogP contribution in [-0.4, -0.2) is 52.4 Å². The van der Waals surface area contributed by atoms with Crippen molar-refractivity contribution in [2.75, 3.05) is 5.73 Å². The predicted octanol–water partition coefficient (Wildman–Crippen LogP) is 4.51. The van der Waals surface area contributed by atoms with Gasteiger partial charge in [0.15, 0.2) is 5.75 Å². The van der Waals surface area contributed by atoms with Crippen LogP contribution in [0.15, 0.2) is 103 Å². The molecule has 0 saturated heterocycles. The highest BCUT2D eigenvalue weighted by atomic mass is 32.2. The van der Waals surface area contributed by atoms with E-state index >= 15 is 0 Å². The molecule has 0 spiro atoms. The molecule has 5 aromatic rings. The van der Waals surface area contributed by atoms with Gasteiger partial charge in [-0.1, -0.05) is 23.8 Å². The quantitative estimate of drug-likeness (QED) is 0.0637. The number of azo groups is 1. The summed E-state index contributed by atoms with van der Waals surface area (Å²) in [5.74, 6) is -1.39. The Bertz CT molecular complexity index is 2610. The van der Waals surface area contributed by atoms with E-state index in [0.29, 0.717) is 12.1 Å². The Morgan fingerprint density at radius 1 is 0.660 bits per heavy atom. The van der Waals surface area contributed by atoms with Crippen molar-refractivity contribution in [3.63, 3.8) is 0 Å². The van der Waals surface area contributed by atoms with Gasteiger partial charge in [-0.25, -0.2) is 0 Å². The minimum Gasteiger partial charge on any atom is -0.507 e. The fraction of sp³-hybridized carbons (Fsp3) is 0.0370. The van der Waals surface area contributed by atoms with E-state index in [1.807, 2.05) is 0 Å². The second kappa shape index (κ2) is 11.5. The SMILES string of the molecule is Cc1ccc(S(=O)(=O)Oc2cc(S(=O)(=O)O)cc3ccc(N=Nc4cc(S(=O)(=O)O)c5cc(S(=O)(=O)O)cc(O)c5c4N)cc23)cc1. The summed E-state index contributed by atoms with van der Waals surface area (Å²) in [4.78, 5) is -2.76. The number of aromatic hydroxyl groups is 1. The summed E-state index contributed by atoms with van der Waals surface area (Å²) in [6.07, 6.45) is 0. The van der Waals surface area contributed by atoms with Gasteiger partial charge in [0.05, 0.1) is 26.6 Å². The Kier molecular flexibility index (Phi) is 8.25. The van der Waals surface area contributed by atoms with Crippen molar-refractivity contribution in [2.24, 2.45) is 10.2 Å². The number of nitrogen functional groups attached to an aromatic ring is 1. The molecule has 0 heterocycles. The summed E-state index contributed by atoms with van der Waals surface area (Å²) in [7, 11) is -19.4. The zero-order chi connectivity index (χ0) is 34.7. The van der Waals surface area contributed by atoms with Gasteiger partial charge in [0.25, 0.3) is 30.4 Å². The molecule has 0 unspecified atom stereocenters. The number of nitrogens with zero attached hydrogens (tertiary/aromatic N) is 2. The summed E-state index contributed by atoms with van der Waals surface area (Å²) in [6.45, 7) is 1.73. The average Bonchev–Trinajstić information content (AvgIpc) is 2.95. The van der Waals surface area contributed by atoms with Gasteiger partial charge in [0.2, 0.25) is 0 Å². The van der Waals surface area contributed by atoms with Crippen LogP contribution in [0.25, 0.3) is 21.5 Å². The Labute approximate surface area is 267 Å². The third-order valence-corrected chi connectivity index (χ3v) is 10.5. The summed E-state index contributed by atoms with van der Waals surface area (Å²) < 4.78 is 132. The summed E-state index contributed by atoms with van der Waals surface area (Å²) >= 11 is 0. The van der Waals surface area contributed by atoms with Gasteiger partial charge in [-0.15, -0.1) is 5.11 Å². The van der Waals surface area contributed by atoms with Crippen LogP contribution in [0.2, 0.25) is 0 Å². The van der Waals surface area contributed by atoms with Crippen molar-refractivity contribution in [2.45, 2.75) is 26.5 Å². The molecule has 47 heavy (non-hydrogen) atoms. The van der Waals surface area contributed by atoms with Crippen molar-refractivity contribution in [3.05, 3.63) is 78.4 Å². The lowest BCUT2D eigenvalue weighted by molar-refractivity contribution is 0.470. The average molecular weight is 724 g/mol. The Balaban J connectivity index is 1.67. The van der Waals surface area contributed by atoms with Gasteiger partial charge >= 0.3 is 10.1 Å². The molecule has 0 aliphatic heterocycles. The van der Waals surface area contributed by atoms with E-state index in [4.69, 9.17) is 9.92 Å². The number of hydrogen-bond acceptors (Lipinski definition) is 13. The highest BCUT2D eigenvalue weighted by molar-refractivity contribution is 7.87. The first-order valence-electron chi connectivity index (χ1n) is 12.7. The molecule has 0 radical (unpaired) electrons. The minimum atomic E-state index is -5.11. The van der Waals surface area contributed by atoms with Gasteiger partial charge in [0.1, 0.15) is 21.2 Å². The van der Waals surface area contributed by atoms with E-state index in [2.05, 4.69) is 10.2 Å². The number of phenolic OH excluding ortho intramolecular Hbond substituents is 1. The smallest absolute Gasteiger partial charge is 0.339 e. The standard InChI is InChI=1S/C27H21N3O13S4/c1-14-2-6-17(7-3-14)47(41,42)43-24-12-18(44(32,33)34)8-15-4-5-16(9-20(15)24)29-30-22-13-25(46(38,39)40)21-10-19(45(35,36)37)11-23(31)26(21)27(22)28/h2-13,31H,28H2,1H3,(H,32,33,34)(H,35,36,37)(H,38,39,40). The number of nitrogens with two attached hydrogens (primary N) is 1. The molecule has 246 valence electrons. The van der Waals surface area contributed by atoms with Crippen LogP contribution in [0.4, 0.5) is 17.1 Å². The Morgan fingerprint density at radius 3 is 1.87 bits per heavy atom.